The van der Waals surface area contributed by atoms with E-state index in [4.69, 9.17) is 21.8 Å². The number of anilines is 1. The van der Waals surface area contributed by atoms with Gasteiger partial charge in [-0.2, -0.15) is 0 Å². The number of halogens is 1. The molecule has 18 heavy (non-hydrogen) atoms. The van der Waals surface area contributed by atoms with Gasteiger partial charge in [-0.1, -0.05) is 11.6 Å². The third-order valence-corrected chi connectivity index (χ3v) is 3.23. The van der Waals surface area contributed by atoms with E-state index in [-0.39, 0.29) is 0 Å². The second kappa shape index (κ2) is 4.03. The molecule has 0 spiro atoms. The van der Waals surface area contributed by atoms with Gasteiger partial charge in [0.25, 0.3) is 0 Å². The Kier molecular flexibility index (Phi) is 2.49. The first-order valence-corrected chi connectivity index (χ1v) is 5.94. The van der Waals surface area contributed by atoms with Crippen molar-refractivity contribution >= 4 is 28.4 Å². The molecule has 0 saturated heterocycles. The average molecular weight is 259 g/mol. The standard InChI is InChI=1S/C14H11ClN2O/c1-8-6-12-13(7-11(8)15)18-14(17-12)9-2-4-10(16)5-3-9/h2-7H,16H2,1H3. The summed E-state index contributed by atoms with van der Waals surface area (Å²) >= 11 is 6.06. The third kappa shape index (κ3) is 1.83. The molecular formula is C14H11ClN2O. The highest BCUT2D eigenvalue weighted by molar-refractivity contribution is 6.32. The van der Waals surface area contributed by atoms with Gasteiger partial charge in [0.1, 0.15) is 5.52 Å². The van der Waals surface area contributed by atoms with Crippen molar-refractivity contribution in [1.29, 1.82) is 0 Å². The Morgan fingerprint density at radius 1 is 1.17 bits per heavy atom. The van der Waals surface area contributed by atoms with Crippen LogP contribution in [0, 0.1) is 6.92 Å². The minimum Gasteiger partial charge on any atom is -0.436 e. The molecule has 0 bridgehead atoms. The predicted molar refractivity (Wildman–Crippen MR) is 73.6 cm³/mol. The molecular weight excluding hydrogens is 248 g/mol. The van der Waals surface area contributed by atoms with Gasteiger partial charge in [0.2, 0.25) is 5.89 Å². The first-order valence-electron chi connectivity index (χ1n) is 5.56. The van der Waals surface area contributed by atoms with Gasteiger partial charge in [-0.15, -0.1) is 0 Å². The Bertz CT molecular complexity index is 677. The molecule has 0 aliphatic rings. The van der Waals surface area contributed by atoms with Gasteiger partial charge >= 0.3 is 0 Å². The average Bonchev–Trinajstić information content (AvgIpc) is 2.73. The lowest BCUT2D eigenvalue weighted by atomic mass is 10.2. The van der Waals surface area contributed by atoms with E-state index in [0.717, 1.165) is 16.6 Å². The van der Waals surface area contributed by atoms with E-state index in [1.54, 1.807) is 6.07 Å². The maximum atomic E-state index is 6.06. The summed E-state index contributed by atoms with van der Waals surface area (Å²) < 4.78 is 5.69. The van der Waals surface area contributed by atoms with Crippen molar-refractivity contribution in [1.82, 2.24) is 4.98 Å². The van der Waals surface area contributed by atoms with Crippen molar-refractivity contribution in [2.75, 3.05) is 5.73 Å². The summed E-state index contributed by atoms with van der Waals surface area (Å²) in [6.45, 7) is 1.94. The van der Waals surface area contributed by atoms with E-state index >= 15 is 0 Å². The van der Waals surface area contributed by atoms with Crippen molar-refractivity contribution in [2.45, 2.75) is 6.92 Å². The van der Waals surface area contributed by atoms with Crippen molar-refractivity contribution in [3.8, 4) is 11.5 Å². The molecule has 1 heterocycles. The molecule has 90 valence electrons. The maximum Gasteiger partial charge on any atom is 0.227 e. The van der Waals surface area contributed by atoms with Gasteiger partial charge in [0, 0.05) is 22.3 Å². The van der Waals surface area contributed by atoms with E-state index in [1.165, 1.54) is 0 Å². The van der Waals surface area contributed by atoms with E-state index in [2.05, 4.69) is 4.98 Å². The molecule has 0 unspecified atom stereocenters. The van der Waals surface area contributed by atoms with E-state index in [1.807, 2.05) is 37.3 Å². The highest BCUT2D eigenvalue weighted by Gasteiger charge is 2.09. The molecule has 0 saturated carbocycles. The smallest absolute Gasteiger partial charge is 0.227 e. The molecule has 4 heteroatoms. The summed E-state index contributed by atoms with van der Waals surface area (Å²) in [5.74, 6) is 0.576. The molecule has 1 aromatic heterocycles. The molecule has 3 rings (SSSR count). The molecule has 0 amide bonds. The number of nitrogen functional groups attached to an aromatic ring is 1. The summed E-state index contributed by atoms with van der Waals surface area (Å²) in [6, 6.07) is 11.1. The lowest BCUT2D eigenvalue weighted by Crippen LogP contribution is -1.83. The summed E-state index contributed by atoms with van der Waals surface area (Å²) in [4.78, 5) is 4.45. The Hall–Kier alpha value is -2.00. The zero-order valence-corrected chi connectivity index (χ0v) is 10.5. The molecule has 0 radical (unpaired) electrons. The van der Waals surface area contributed by atoms with Crippen LogP contribution in [0.5, 0.6) is 0 Å². The fraction of sp³-hybridized carbons (Fsp3) is 0.0714. The van der Waals surface area contributed by atoms with Gasteiger partial charge in [0.05, 0.1) is 0 Å². The minimum absolute atomic E-state index is 0.576. The quantitative estimate of drug-likeness (QED) is 0.670. The topological polar surface area (TPSA) is 52.0 Å². The van der Waals surface area contributed by atoms with Crippen LogP contribution >= 0.6 is 11.6 Å². The number of nitrogens with zero attached hydrogens (tertiary/aromatic N) is 1. The Morgan fingerprint density at radius 2 is 1.89 bits per heavy atom. The maximum absolute atomic E-state index is 6.06. The van der Waals surface area contributed by atoms with Crippen molar-refractivity contribution in [2.24, 2.45) is 0 Å². The zero-order chi connectivity index (χ0) is 12.7. The van der Waals surface area contributed by atoms with Crippen LogP contribution in [-0.4, -0.2) is 4.98 Å². The second-order valence-corrected chi connectivity index (χ2v) is 4.62. The van der Waals surface area contributed by atoms with E-state index in [9.17, 15) is 0 Å². The fourth-order valence-electron chi connectivity index (χ4n) is 1.80. The highest BCUT2D eigenvalue weighted by atomic mass is 35.5. The van der Waals surface area contributed by atoms with Crippen LogP contribution in [0.2, 0.25) is 5.02 Å². The van der Waals surface area contributed by atoms with Crippen LogP contribution in [0.1, 0.15) is 5.56 Å². The van der Waals surface area contributed by atoms with Gasteiger partial charge in [0.15, 0.2) is 5.58 Å². The van der Waals surface area contributed by atoms with Crippen molar-refractivity contribution in [3.63, 3.8) is 0 Å². The number of oxazole rings is 1. The van der Waals surface area contributed by atoms with Crippen LogP contribution < -0.4 is 5.73 Å². The third-order valence-electron chi connectivity index (χ3n) is 2.83. The summed E-state index contributed by atoms with van der Waals surface area (Å²) in [7, 11) is 0. The van der Waals surface area contributed by atoms with Gasteiger partial charge in [-0.3, -0.25) is 0 Å². The van der Waals surface area contributed by atoms with E-state index < -0.39 is 0 Å². The number of nitrogens with two attached hydrogens (primary N) is 1. The lowest BCUT2D eigenvalue weighted by molar-refractivity contribution is 0.620. The Morgan fingerprint density at radius 3 is 2.61 bits per heavy atom. The van der Waals surface area contributed by atoms with Gasteiger partial charge < -0.3 is 10.2 Å². The monoisotopic (exact) mass is 258 g/mol. The molecule has 0 aliphatic carbocycles. The predicted octanol–water partition coefficient (Wildman–Crippen LogP) is 4.04. The summed E-state index contributed by atoms with van der Waals surface area (Å²) in [5, 5.41) is 0.683. The zero-order valence-electron chi connectivity index (χ0n) is 9.77. The second-order valence-electron chi connectivity index (χ2n) is 4.21. The molecule has 0 aliphatic heterocycles. The first-order chi connectivity index (χ1) is 8.63. The largest absolute Gasteiger partial charge is 0.436 e. The molecule has 0 fully saturated rings. The van der Waals surface area contributed by atoms with Crippen LogP contribution in [0.15, 0.2) is 40.8 Å². The number of hydrogen-bond acceptors (Lipinski definition) is 3. The molecule has 0 atom stereocenters. The molecule has 2 aromatic carbocycles. The number of hydrogen-bond donors (Lipinski definition) is 1. The van der Waals surface area contributed by atoms with Crippen LogP contribution in [0.4, 0.5) is 5.69 Å². The number of rotatable bonds is 1. The normalized spacial score (nSPS) is 11.0. The SMILES string of the molecule is Cc1cc2nc(-c3ccc(N)cc3)oc2cc1Cl. The van der Waals surface area contributed by atoms with Crippen LogP contribution in [0.25, 0.3) is 22.6 Å². The fourth-order valence-corrected chi connectivity index (χ4v) is 1.96. The Labute approximate surface area is 109 Å². The number of fused-ring (bicyclic) bond motifs is 1. The molecule has 3 aromatic rings. The summed E-state index contributed by atoms with van der Waals surface area (Å²) in [6.07, 6.45) is 0. The van der Waals surface area contributed by atoms with Crippen molar-refractivity contribution < 1.29 is 4.42 Å². The number of aromatic nitrogens is 1. The van der Waals surface area contributed by atoms with Crippen LogP contribution in [-0.2, 0) is 0 Å². The first kappa shape index (κ1) is 11.1. The van der Waals surface area contributed by atoms with Crippen LogP contribution in [0.3, 0.4) is 0 Å². The minimum atomic E-state index is 0.576. The summed E-state index contributed by atoms with van der Waals surface area (Å²) in [5.41, 5.74) is 9.75. The molecule has 3 nitrogen and oxygen atoms in total. The van der Waals surface area contributed by atoms with E-state index in [0.29, 0.717) is 22.2 Å². The highest BCUT2D eigenvalue weighted by Crippen LogP contribution is 2.28. The lowest BCUT2D eigenvalue weighted by Gasteiger charge is -1.95. The number of benzene rings is 2. The van der Waals surface area contributed by atoms with Gasteiger partial charge in [-0.25, -0.2) is 4.98 Å². The Balaban J connectivity index is 2.16. The van der Waals surface area contributed by atoms with Gasteiger partial charge in [-0.05, 0) is 42.8 Å². The number of aryl methyl sites for hydroxylation is 1. The van der Waals surface area contributed by atoms with Crippen molar-refractivity contribution in [3.05, 3.63) is 47.0 Å². The molecule has 2 N–H and O–H groups in total.